The van der Waals surface area contributed by atoms with Gasteiger partial charge in [0.1, 0.15) is 17.5 Å². The Morgan fingerprint density at radius 1 is 0.895 bits per heavy atom. The predicted octanol–water partition coefficient (Wildman–Crippen LogP) is 3.50. The van der Waals surface area contributed by atoms with Gasteiger partial charge in [0.05, 0.1) is 0 Å². The zero-order valence-electron chi connectivity index (χ0n) is 12.1. The van der Waals surface area contributed by atoms with Gasteiger partial charge in [-0.2, -0.15) is 0 Å². The van der Waals surface area contributed by atoms with Crippen molar-refractivity contribution >= 4 is 17.3 Å². The Bertz CT molecular complexity index is 605. The van der Waals surface area contributed by atoms with Crippen LogP contribution in [0.4, 0.5) is 17.3 Å². The first kappa shape index (κ1) is 13.3. The van der Waals surface area contributed by atoms with Crippen LogP contribution in [0.25, 0.3) is 0 Å². The maximum atomic E-state index is 4.47. The molecule has 4 heteroatoms. The third-order valence-corrected chi connectivity index (χ3v) is 3.26. The van der Waals surface area contributed by atoms with E-state index in [1.165, 1.54) is 11.1 Å². The van der Waals surface area contributed by atoms with Crippen LogP contribution in [-0.4, -0.2) is 17.0 Å². The molecule has 19 heavy (non-hydrogen) atoms. The van der Waals surface area contributed by atoms with Crippen LogP contribution in [0.2, 0.25) is 0 Å². The molecule has 0 aliphatic heterocycles. The van der Waals surface area contributed by atoms with Gasteiger partial charge < -0.3 is 10.6 Å². The fourth-order valence-corrected chi connectivity index (χ4v) is 1.95. The Kier molecular flexibility index (Phi) is 3.69. The Hall–Kier alpha value is -2.10. The van der Waals surface area contributed by atoms with Gasteiger partial charge in [0, 0.05) is 18.3 Å². The monoisotopic (exact) mass is 256 g/mol. The standard InChI is InChI=1S/C15H20N4/c1-9-6-7-13(8-10(9)2)19-15-11(3)14(16-5)17-12(4)18-15/h6-8H,1-5H3,(H2,16,17,18,19). The molecule has 2 N–H and O–H groups in total. The number of rotatable bonds is 3. The fourth-order valence-electron chi connectivity index (χ4n) is 1.95. The minimum Gasteiger partial charge on any atom is -0.373 e. The molecule has 0 saturated heterocycles. The summed E-state index contributed by atoms with van der Waals surface area (Å²) in [5.74, 6) is 2.46. The van der Waals surface area contributed by atoms with Gasteiger partial charge in [-0.25, -0.2) is 9.97 Å². The minimum atomic E-state index is 0.751. The van der Waals surface area contributed by atoms with Gasteiger partial charge in [0.2, 0.25) is 0 Å². The Morgan fingerprint density at radius 2 is 1.58 bits per heavy atom. The zero-order valence-corrected chi connectivity index (χ0v) is 12.1. The summed E-state index contributed by atoms with van der Waals surface area (Å²) in [7, 11) is 1.87. The molecule has 0 saturated carbocycles. The maximum absolute atomic E-state index is 4.47. The molecule has 2 aromatic rings. The topological polar surface area (TPSA) is 49.8 Å². The van der Waals surface area contributed by atoms with Crippen molar-refractivity contribution < 1.29 is 0 Å². The fraction of sp³-hybridized carbons (Fsp3) is 0.333. The molecule has 2 rings (SSSR count). The maximum Gasteiger partial charge on any atom is 0.139 e. The molecule has 0 bridgehead atoms. The molecule has 100 valence electrons. The van der Waals surface area contributed by atoms with Crippen LogP contribution >= 0.6 is 0 Å². The molecule has 0 amide bonds. The first-order chi connectivity index (χ1) is 9.01. The number of aryl methyl sites for hydroxylation is 3. The number of benzene rings is 1. The number of nitrogens with one attached hydrogen (secondary N) is 2. The first-order valence-electron chi connectivity index (χ1n) is 6.38. The molecule has 0 fully saturated rings. The molecule has 0 atom stereocenters. The van der Waals surface area contributed by atoms with E-state index in [0.717, 1.165) is 28.7 Å². The molecule has 1 aromatic heterocycles. The van der Waals surface area contributed by atoms with Gasteiger partial charge >= 0.3 is 0 Å². The minimum absolute atomic E-state index is 0.751. The highest BCUT2D eigenvalue weighted by Crippen LogP contribution is 2.24. The summed E-state index contributed by atoms with van der Waals surface area (Å²) in [6.07, 6.45) is 0. The molecule has 0 aliphatic rings. The van der Waals surface area contributed by atoms with Crippen molar-refractivity contribution in [2.75, 3.05) is 17.7 Å². The molecule has 0 radical (unpaired) electrons. The number of hydrogen-bond donors (Lipinski definition) is 2. The van der Waals surface area contributed by atoms with Crippen molar-refractivity contribution in [3.63, 3.8) is 0 Å². The largest absolute Gasteiger partial charge is 0.373 e. The quantitative estimate of drug-likeness (QED) is 0.882. The van der Waals surface area contributed by atoms with Crippen molar-refractivity contribution in [1.82, 2.24) is 9.97 Å². The van der Waals surface area contributed by atoms with E-state index in [0.29, 0.717) is 0 Å². The van der Waals surface area contributed by atoms with Crippen LogP contribution in [0.5, 0.6) is 0 Å². The summed E-state index contributed by atoms with van der Waals surface area (Å²) in [6.45, 7) is 8.12. The van der Waals surface area contributed by atoms with E-state index in [-0.39, 0.29) is 0 Å². The number of nitrogens with zero attached hydrogens (tertiary/aromatic N) is 2. The lowest BCUT2D eigenvalue weighted by Crippen LogP contribution is -2.05. The van der Waals surface area contributed by atoms with Gasteiger partial charge in [0.15, 0.2) is 0 Å². The van der Waals surface area contributed by atoms with Crippen LogP contribution in [0, 0.1) is 27.7 Å². The normalized spacial score (nSPS) is 10.4. The number of aromatic nitrogens is 2. The molecule has 0 unspecified atom stereocenters. The van der Waals surface area contributed by atoms with E-state index < -0.39 is 0 Å². The second-order valence-corrected chi connectivity index (χ2v) is 4.77. The van der Waals surface area contributed by atoms with Gasteiger partial charge in [-0.1, -0.05) is 6.07 Å². The third kappa shape index (κ3) is 2.84. The van der Waals surface area contributed by atoms with Crippen molar-refractivity contribution in [3.8, 4) is 0 Å². The van der Waals surface area contributed by atoms with Gasteiger partial charge in [-0.3, -0.25) is 0 Å². The van der Waals surface area contributed by atoms with Crippen LogP contribution in [0.1, 0.15) is 22.5 Å². The van der Waals surface area contributed by atoms with Crippen LogP contribution in [0.15, 0.2) is 18.2 Å². The average molecular weight is 256 g/mol. The van der Waals surface area contributed by atoms with E-state index in [1.807, 2.05) is 20.9 Å². The summed E-state index contributed by atoms with van der Waals surface area (Å²) in [4.78, 5) is 8.83. The lowest BCUT2D eigenvalue weighted by Gasteiger charge is -2.13. The van der Waals surface area contributed by atoms with Crippen LogP contribution < -0.4 is 10.6 Å². The summed E-state index contributed by atoms with van der Waals surface area (Å²) in [6, 6.07) is 6.31. The Balaban J connectivity index is 2.37. The van der Waals surface area contributed by atoms with Gasteiger partial charge in [0.25, 0.3) is 0 Å². The SMILES string of the molecule is CNc1nc(C)nc(Nc2ccc(C)c(C)c2)c1C. The molecule has 4 nitrogen and oxygen atoms in total. The second kappa shape index (κ2) is 5.26. The summed E-state index contributed by atoms with van der Waals surface area (Å²) >= 11 is 0. The summed E-state index contributed by atoms with van der Waals surface area (Å²) in [5.41, 5.74) is 4.62. The van der Waals surface area contributed by atoms with E-state index in [4.69, 9.17) is 0 Å². The average Bonchev–Trinajstić information content (AvgIpc) is 2.37. The van der Waals surface area contributed by atoms with Crippen molar-refractivity contribution in [3.05, 3.63) is 40.7 Å². The van der Waals surface area contributed by atoms with Crippen molar-refractivity contribution in [2.24, 2.45) is 0 Å². The van der Waals surface area contributed by atoms with E-state index >= 15 is 0 Å². The van der Waals surface area contributed by atoms with E-state index in [9.17, 15) is 0 Å². The first-order valence-corrected chi connectivity index (χ1v) is 6.38. The predicted molar refractivity (Wildman–Crippen MR) is 80.3 cm³/mol. The summed E-state index contributed by atoms with van der Waals surface area (Å²) in [5, 5.41) is 6.46. The molecular formula is C15H20N4. The molecule has 0 spiro atoms. The molecule has 0 aliphatic carbocycles. The summed E-state index contributed by atoms with van der Waals surface area (Å²) < 4.78 is 0. The highest BCUT2D eigenvalue weighted by atomic mass is 15.1. The highest BCUT2D eigenvalue weighted by Gasteiger charge is 2.08. The highest BCUT2D eigenvalue weighted by molar-refractivity contribution is 5.65. The smallest absolute Gasteiger partial charge is 0.139 e. The molecule has 1 heterocycles. The molecule has 1 aromatic carbocycles. The van der Waals surface area contributed by atoms with Gasteiger partial charge in [-0.05, 0) is 51.0 Å². The van der Waals surface area contributed by atoms with Crippen molar-refractivity contribution in [2.45, 2.75) is 27.7 Å². The Labute approximate surface area is 114 Å². The zero-order chi connectivity index (χ0) is 14.0. The van der Waals surface area contributed by atoms with Crippen molar-refractivity contribution in [1.29, 1.82) is 0 Å². The van der Waals surface area contributed by atoms with Crippen LogP contribution in [-0.2, 0) is 0 Å². The van der Waals surface area contributed by atoms with Crippen LogP contribution in [0.3, 0.4) is 0 Å². The lowest BCUT2D eigenvalue weighted by atomic mass is 10.1. The number of anilines is 3. The lowest BCUT2D eigenvalue weighted by molar-refractivity contribution is 1.03. The third-order valence-electron chi connectivity index (χ3n) is 3.26. The second-order valence-electron chi connectivity index (χ2n) is 4.77. The number of hydrogen-bond acceptors (Lipinski definition) is 4. The Morgan fingerprint density at radius 3 is 2.21 bits per heavy atom. The van der Waals surface area contributed by atoms with E-state index in [2.05, 4.69) is 52.6 Å². The van der Waals surface area contributed by atoms with Gasteiger partial charge in [-0.15, -0.1) is 0 Å². The molecular weight excluding hydrogens is 236 g/mol. The van der Waals surface area contributed by atoms with E-state index in [1.54, 1.807) is 0 Å².